The second kappa shape index (κ2) is 8.91. The predicted octanol–water partition coefficient (Wildman–Crippen LogP) is 2.71. The number of carbonyl (C=O) groups excluding carboxylic acids is 1. The number of nitrogens with two attached hydrogens (primary N) is 1. The van der Waals surface area contributed by atoms with E-state index in [1.165, 1.54) is 24.8 Å². The minimum Gasteiger partial charge on any atom is -0.380 e. The van der Waals surface area contributed by atoms with E-state index in [1.807, 2.05) is 18.2 Å². The van der Waals surface area contributed by atoms with Crippen LogP contribution in [0.25, 0.3) is 0 Å². The maximum absolute atomic E-state index is 12.8. The highest BCUT2D eigenvalue weighted by molar-refractivity contribution is 5.77. The molecule has 1 fully saturated rings. The minimum absolute atomic E-state index is 0.160. The molecule has 4 nitrogen and oxygen atoms in total. The topological polar surface area (TPSA) is 55.6 Å². The molecule has 2 N–H and O–H groups in total. The van der Waals surface area contributed by atoms with Crippen molar-refractivity contribution in [3.63, 3.8) is 0 Å². The summed E-state index contributed by atoms with van der Waals surface area (Å²) in [4.78, 5) is 14.8. The number of rotatable bonds is 7. The van der Waals surface area contributed by atoms with Crippen LogP contribution in [0.2, 0.25) is 0 Å². The molecule has 1 aliphatic carbocycles. The van der Waals surface area contributed by atoms with Crippen molar-refractivity contribution in [1.29, 1.82) is 0 Å². The summed E-state index contributed by atoms with van der Waals surface area (Å²) in [7, 11) is 1.62. The highest BCUT2D eigenvalue weighted by Crippen LogP contribution is 2.25. The molecule has 0 bridgehead atoms. The van der Waals surface area contributed by atoms with Crippen LogP contribution in [0.5, 0.6) is 0 Å². The van der Waals surface area contributed by atoms with Crippen LogP contribution in [0, 0.1) is 0 Å². The van der Waals surface area contributed by atoms with Crippen molar-refractivity contribution in [3.8, 4) is 0 Å². The largest absolute Gasteiger partial charge is 0.380 e. The van der Waals surface area contributed by atoms with Gasteiger partial charge in [-0.2, -0.15) is 0 Å². The smallest absolute Gasteiger partial charge is 0.225 e. The quantitative estimate of drug-likeness (QED) is 0.842. The van der Waals surface area contributed by atoms with E-state index in [0.717, 1.165) is 12.8 Å². The second-order valence-corrected chi connectivity index (χ2v) is 6.10. The van der Waals surface area contributed by atoms with Gasteiger partial charge in [-0.05, 0) is 18.4 Å². The monoisotopic (exact) mass is 304 g/mol. The van der Waals surface area contributed by atoms with Gasteiger partial charge in [0.25, 0.3) is 0 Å². The van der Waals surface area contributed by atoms with E-state index >= 15 is 0 Å². The zero-order valence-corrected chi connectivity index (χ0v) is 13.5. The maximum atomic E-state index is 12.8. The van der Waals surface area contributed by atoms with Crippen LogP contribution in [0.3, 0.4) is 0 Å². The van der Waals surface area contributed by atoms with Crippen LogP contribution >= 0.6 is 0 Å². The highest BCUT2D eigenvalue weighted by atomic mass is 16.5. The summed E-state index contributed by atoms with van der Waals surface area (Å²) < 4.78 is 5.29. The Morgan fingerprint density at radius 1 is 1.27 bits per heavy atom. The summed E-state index contributed by atoms with van der Waals surface area (Å²) >= 11 is 0. The van der Waals surface area contributed by atoms with E-state index in [0.29, 0.717) is 25.6 Å². The Balaban J connectivity index is 2.08. The number of hydrogen-bond donors (Lipinski definition) is 1. The molecule has 0 spiro atoms. The Hall–Kier alpha value is -1.39. The van der Waals surface area contributed by atoms with Gasteiger partial charge in [-0.25, -0.2) is 0 Å². The van der Waals surface area contributed by atoms with E-state index in [1.54, 1.807) is 7.11 Å². The number of carbonyl (C=O) groups is 1. The molecular weight excluding hydrogens is 276 g/mol. The van der Waals surface area contributed by atoms with Crippen LogP contribution in [-0.4, -0.2) is 36.6 Å². The molecule has 1 aromatic carbocycles. The van der Waals surface area contributed by atoms with Gasteiger partial charge in [0.2, 0.25) is 5.91 Å². The van der Waals surface area contributed by atoms with E-state index in [9.17, 15) is 4.79 Å². The molecule has 0 aromatic heterocycles. The number of methoxy groups -OCH3 is 1. The molecular formula is C18H28N2O2. The summed E-state index contributed by atoms with van der Waals surface area (Å²) in [6, 6.07) is 10.6. The number of nitrogens with zero attached hydrogens (tertiary/aromatic N) is 1. The number of hydrogen-bond acceptors (Lipinski definition) is 3. The van der Waals surface area contributed by atoms with Crippen molar-refractivity contribution in [1.82, 2.24) is 4.90 Å². The Morgan fingerprint density at radius 2 is 1.95 bits per heavy atom. The summed E-state index contributed by atoms with van der Waals surface area (Å²) in [5.41, 5.74) is 6.85. The van der Waals surface area contributed by atoms with E-state index < -0.39 is 0 Å². The van der Waals surface area contributed by atoms with E-state index in [2.05, 4.69) is 17.0 Å². The van der Waals surface area contributed by atoms with Crippen molar-refractivity contribution in [3.05, 3.63) is 35.9 Å². The number of ether oxygens (including phenoxy) is 1. The lowest BCUT2D eigenvalue weighted by molar-refractivity contribution is -0.137. The fourth-order valence-electron chi connectivity index (χ4n) is 3.17. The Morgan fingerprint density at radius 3 is 2.55 bits per heavy atom. The normalized spacial score (nSPS) is 17.2. The lowest BCUT2D eigenvalue weighted by atomic mass is 9.93. The van der Waals surface area contributed by atoms with Crippen LogP contribution in [0.1, 0.15) is 44.1 Å². The van der Waals surface area contributed by atoms with Crippen molar-refractivity contribution in [2.24, 2.45) is 5.73 Å². The first kappa shape index (κ1) is 17.0. The first-order chi connectivity index (χ1) is 10.7. The van der Waals surface area contributed by atoms with Crippen molar-refractivity contribution in [2.75, 3.05) is 13.7 Å². The molecule has 0 heterocycles. The van der Waals surface area contributed by atoms with Crippen LogP contribution in [0.15, 0.2) is 30.3 Å². The molecule has 0 aliphatic heterocycles. The van der Waals surface area contributed by atoms with Gasteiger partial charge in [-0.1, -0.05) is 49.6 Å². The fourth-order valence-corrected chi connectivity index (χ4v) is 3.17. The van der Waals surface area contributed by atoms with E-state index in [-0.39, 0.29) is 12.0 Å². The van der Waals surface area contributed by atoms with Gasteiger partial charge in [0.15, 0.2) is 0 Å². The highest BCUT2D eigenvalue weighted by Gasteiger charge is 2.27. The summed E-state index contributed by atoms with van der Waals surface area (Å²) in [6.07, 6.45) is 6.12. The standard InChI is InChI=1S/C18H28N2O2/c1-22-17(13-19)12-18(21)20(16-10-6-3-7-11-16)14-15-8-4-2-5-9-15/h2,4-5,8-9,16-17H,3,6-7,10-14,19H2,1H3. The third-order valence-electron chi connectivity index (χ3n) is 4.53. The van der Waals surface area contributed by atoms with Gasteiger partial charge in [-0.15, -0.1) is 0 Å². The third kappa shape index (κ3) is 4.82. The SMILES string of the molecule is COC(CN)CC(=O)N(Cc1ccccc1)C1CCCCC1. The minimum atomic E-state index is -0.186. The number of benzene rings is 1. The molecule has 0 radical (unpaired) electrons. The molecule has 1 amide bonds. The summed E-state index contributed by atoms with van der Waals surface area (Å²) in [5.74, 6) is 0.160. The van der Waals surface area contributed by atoms with Crippen molar-refractivity contribution < 1.29 is 9.53 Å². The fraction of sp³-hybridized carbons (Fsp3) is 0.611. The lowest BCUT2D eigenvalue weighted by Crippen LogP contribution is -2.43. The first-order valence-corrected chi connectivity index (χ1v) is 8.31. The van der Waals surface area contributed by atoms with Crippen molar-refractivity contribution >= 4 is 5.91 Å². The molecule has 0 saturated heterocycles. The Kier molecular flexibility index (Phi) is 6.87. The molecule has 1 aliphatic rings. The number of amides is 1. The Bertz CT molecular complexity index is 440. The van der Waals surface area contributed by atoms with Gasteiger partial charge >= 0.3 is 0 Å². The van der Waals surface area contributed by atoms with E-state index in [4.69, 9.17) is 10.5 Å². The Labute approximate surface area is 133 Å². The molecule has 1 saturated carbocycles. The van der Waals surface area contributed by atoms with Gasteiger partial charge < -0.3 is 15.4 Å². The molecule has 1 atom stereocenters. The molecule has 2 rings (SSSR count). The molecule has 1 unspecified atom stereocenters. The third-order valence-corrected chi connectivity index (χ3v) is 4.53. The average Bonchev–Trinajstić information content (AvgIpc) is 2.59. The molecule has 22 heavy (non-hydrogen) atoms. The zero-order valence-electron chi connectivity index (χ0n) is 13.5. The molecule has 1 aromatic rings. The summed E-state index contributed by atoms with van der Waals surface area (Å²) in [5, 5.41) is 0. The van der Waals surface area contributed by atoms with Crippen molar-refractivity contribution in [2.45, 2.75) is 57.2 Å². The van der Waals surface area contributed by atoms with Gasteiger partial charge in [0.05, 0.1) is 12.5 Å². The van der Waals surface area contributed by atoms with Gasteiger partial charge in [-0.3, -0.25) is 4.79 Å². The first-order valence-electron chi connectivity index (χ1n) is 8.31. The summed E-state index contributed by atoms with van der Waals surface area (Å²) in [6.45, 7) is 1.07. The lowest BCUT2D eigenvalue weighted by Gasteiger charge is -2.35. The van der Waals surface area contributed by atoms with Crippen LogP contribution in [-0.2, 0) is 16.1 Å². The second-order valence-electron chi connectivity index (χ2n) is 6.10. The van der Waals surface area contributed by atoms with Crippen LogP contribution < -0.4 is 5.73 Å². The molecule has 4 heteroatoms. The van der Waals surface area contributed by atoms with Gasteiger partial charge in [0, 0.05) is 26.2 Å². The maximum Gasteiger partial charge on any atom is 0.225 e. The average molecular weight is 304 g/mol. The zero-order chi connectivity index (χ0) is 15.8. The van der Waals surface area contributed by atoms with Crippen LogP contribution in [0.4, 0.5) is 0 Å². The van der Waals surface area contributed by atoms with Gasteiger partial charge in [0.1, 0.15) is 0 Å². The molecule has 122 valence electrons. The predicted molar refractivity (Wildman–Crippen MR) is 88.3 cm³/mol.